The SMILES string of the molecule is Cc1ccc(C(C)NC(=O)c2ccc3c(c2)N(C(=O)CNC2CCC(O)CC2)CC(=O)N3C2CC2)cn1. The van der Waals surface area contributed by atoms with Crippen LogP contribution in [0.4, 0.5) is 11.4 Å². The van der Waals surface area contributed by atoms with Crippen LogP contribution in [-0.2, 0) is 9.59 Å². The summed E-state index contributed by atoms with van der Waals surface area (Å²) in [6.45, 7) is 3.88. The number of aliphatic hydroxyl groups is 1. The van der Waals surface area contributed by atoms with Gasteiger partial charge in [-0.05, 0) is 82.2 Å². The highest BCUT2D eigenvalue weighted by atomic mass is 16.3. The molecule has 0 saturated heterocycles. The molecular weight excluding hydrogens is 470 g/mol. The molecule has 0 bridgehead atoms. The Hall–Kier alpha value is -3.30. The molecule has 1 unspecified atom stereocenters. The third-order valence-electron chi connectivity index (χ3n) is 7.58. The molecule has 1 aromatic carbocycles. The summed E-state index contributed by atoms with van der Waals surface area (Å²) >= 11 is 0. The molecule has 2 heterocycles. The maximum absolute atomic E-state index is 13.3. The number of amides is 3. The molecule has 0 spiro atoms. The van der Waals surface area contributed by atoms with Crippen molar-refractivity contribution in [2.24, 2.45) is 0 Å². The minimum atomic E-state index is -0.261. The normalized spacial score (nSPS) is 22.4. The third kappa shape index (κ3) is 5.67. The summed E-state index contributed by atoms with van der Waals surface area (Å²) in [5.74, 6) is -0.549. The fourth-order valence-electron chi connectivity index (χ4n) is 5.18. The number of aromatic nitrogens is 1. The van der Waals surface area contributed by atoms with E-state index < -0.39 is 0 Å². The number of pyridine rings is 1. The standard InChI is InChI=1S/C28H35N5O4/c1-17-3-4-20(14-29-17)18(2)31-28(37)19-5-12-24-25(13-19)32(16-27(36)33(24)22-8-9-22)26(35)15-30-21-6-10-23(34)11-7-21/h3-5,12-14,18,21-23,30,34H,6-11,15-16H2,1-2H3,(H,31,37). The maximum Gasteiger partial charge on any atom is 0.251 e. The van der Waals surface area contributed by atoms with Gasteiger partial charge < -0.3 is 20.6 Å². The number of benzene rings is 1. The highest BCUT2D eigenvalue weighted by molar-refractivity contribution is 6.13. The molecule has 9 nitrogen and oxygen atoms in total. The molecule has 9 heteroatoms. The van der Waals surface area contributed by atoms with Gasteiger partial charge in [-0.2, -0.15) is 0 Å². The number of carbonyl (C=O) groups is 3. The molecule has 1 aromatic heterocycles. The number of hydrogen-bond donors (Lipinski definition) is 3. The van der Waals surface area contributed by atoms with Crippen molar-refractivity contribution in [1.29, 1.82) is 0 Å². The lowest BCUT2D eigenvalue weighted by Crippen LogP contribution is -2.52. The molecule has 0 radical (unpaired) electrons. The van der Waals surface area contributed by atoms with E-state index in [-0.39, 0.29) is 55.0 Å². The van der Waals surface area contributed by atoms with Gasteiger partial charge in [0.25, 0.3) is 5.91 Å². The first-order valence-corrected chi connectivity index (χ1v) is 13.2. The molecule has 3 aliphatic rings. The first-order chi connectivity index (χ1) is 17.8. The summed E-state index contributed by atoms with van der Waals surface area (Å²) in [6, 6.07) is 9.17. The summed E-state index contributed by atoms with van der Waals surface area (Å²) in [5.41, 5.74) is 3.52. The van der Waals surface area contributed by atoms with Crippen molar-refractivity contribution in [3.63, 3.8) is 0 Å². The summed E-state index contributed by atoms with van der Waals surface area (Å²) < 4.78 is 0. The van der Waals surface area contributed by atoms with Gasteiger partial charge in [-0.3, -0.25) is 24.3 Å². The van der Waals surface area contributed by atoms with Crippen molar-refractivity contribution in [3.8, 4) is 0 Å². The van der Waals surface area contributed by atoms with Gasteiger partial charge in [-0.1, -0.05) is 6.07 Å². The zero-order valence-corrected chi connectivity index (χ0v) is 21.4. The average Bonchev–Trinajstić information content (AvgIpc) is 3.73. The van der Waals surface area contributed by atoms with E-state index in [2.05, 4.69) is 15.6 Å². The number of anilines is 2. The van der Waals surface area contributed by atoms with Crippen LogP contribution in [0.1, 0.15) is 73.1 Å². The van der Waals surface area contributed by atoms with Gasteiger partial charge in [0, 0.05) is 29.5 Å². The minimum absolute atomic E-state index is 0.0378. The number of nitrogens with zero attached hydrogens (tertiary/aromatic N) is 3. The highest BCUT2D eigenvalue weighted by Gasteiger charge is 2.41. The monoisotopic (exact) mass is 505 g/mol. The highest BCUT2D eigenvalue weighted by Crippen LogP contribution is 2.41. The lowest BCUT2D eigenvalue weighted by Gasteiger charge is -2.37. The second-order valence-electron chi connectivity index (χ2n) is 10.5. The molecular formula is C28H35N5O4. The summed E-state index contributed by atoms with van der Waals surface area (Å²) in [7, 11) is 0. The van der Waals surface area contributed by atoms with E-state index in [1.54, 1.807) is 29.3 Å². The Labute approximate surface area is 217 Å². The molecule has 2 aromatic rings. The zero-order chi connectivity index (χ0) is 26.1. The largest absolute Gasteiger partial charge is 0.393 e. The Morgan fingerprint density at radius 2 is 1.84 bits per heavy atom. The first-order valence-electron chi connectivity index (χ1n) is 13.2. The van der Waals surface area contributed by atoms with Crippen LogP contribution in [0.15, 0.2) is 36.5 Å². The fourth-order valence-corrected chi connectivity index (χ4v) is 5.18. The maximum atomic E-state index is 13.3. The molecule has 5 rings (SSSR count). The quantitative estimate of drug-likeness (QED) is 0.533. The third-order valence-corrected chi connectivity index (χ3v) is 7.58. The van der Waals surface area contributed by atoms with Gasteiger partial charge >= 0.3 is 0 Å². The molecule has 2 fully saturated rings. The predicted molar refractivity (Wildman–Crippen MR) is 140 cm³/mol. The van der Waals surface area contributed by atoms with Crippen molar-refractivity contribution in [2.45, 2.75) is 76.6 Å². The van der Waals surface area contributed by atoms with Crippen molar-refractivity contribution in [1.82, 2.24) is 15.6 Å². The Morgan fingerprint density at radius 3 is 2.51 bits per heavy atom. The molecule has 2 saturated carbocycles. The average molecular weight is 506 g/mol. The molecule has 3 N–H and O–H groups in total. The van der Waals surface area contributed by atoms with Gasteiger partial charge in [0.2, 0.25) is 11.8 Å². The predicted octanol–water partition coefficient (Wildman–Crippen LogP) is 2.62. The Bertz CT molecular complexity index is 1170. The van der Waals surface area contributed by atoms with Crippen LogP contribution >= 0.6 is 0 Å². The van der Waals surface area contributed by atoms with Crippen LogP contribution in [0.2, 0.25) is 0 Å². The Kier molecular flexibility index (Phi) is 7.26. The fraction of sp³-hybridized carbons (Fsp3) is 0.500. The molecule has 1 atom stereocenters. The van der Waals surface area contributed by atoms with Crippen molar-refractivity contribution in [3.05, 3.63) is 53.3 Å². The van der Waals surface area contributed by atoms with Crippen molar-refractivity contribution in [2.75, 3.05) is 22.9 Å². The first kappa shape index (κ1) is 25.4. The number of fused-ring (bicyclic) bond motifs is 1. The Morgan fingerprint density at radius 1 is 1.08 bits per heavy atom. The minimum Gasteiger partial charge on any atom is -0.393 e. The lowest BCUT2D eigenvalue weighted by molar-refractivity contribution is -0.122. The molecule has 2 aliphatic carbocycles. The number of carbonyl (C=O) groups excluding carboxylic acids is 3. The van der Waals surface area contributed by atoms with Gasteiger partial charge in [0.1, 0.15) is 6.54 Å². The van der Waals surface area contributed by atoms with Crippen molar-refractivity contribution >= 4 is 29.1 Å². The second-order valence-corrected chi connectivity index (χ2v) is 10.5. The summed E-state index contributed by atoms with van der Waals surface area (Å²) in [6.07, 6.45) is 6.47. The number of aliphatic hydroxyl groups excluding tert-OH is 1. The van der Waals surface area contributed by atoms with Crippen molar-refractivity contribution < 1.29 is 19.5 Å². The van der Waals surface area contributed by atoms with Gasteiger partial charge in [-0.15, -0.1) is 0 Å². The van der Waals surface area contributed by atoms with Gasteiger partial charge in [0.05, 0.1) is 30.1 Å². The van der Waals surface area contributed by atoms with E-state index in [0.29, 0.717) is 16.9 Å². The van der Waals surface area contributed by atoms with Crippen LogP contribution < -0.4 is 20.4 Å². The molecule has 3 amide bonds. The smallest absolute Gasteiger partial charge is 0.251 e. The number of rotatable bonds is 7. The van der Waals surface area contributed by atoms with E-state index in [4.69, 9.17) is 0 Å². The van der Waals surface area contributed by atoms with E-state index in [0.717, 1.165) is 49.8 Å². The van der Waals surface area contributed by atoms with E-state index in [1.165, 1.54) is 4.90 Å². The molecule has 196 valence electrons. The van der Waals surface area contributed by atoms with E-state index >= 15 is 0 Å². The topological polar surface area (TPSA) is 115 Å². The molecule has 1 aliphatic heterocycles. The van der Waals surface area contributed by atoms with E-state index in [1.807, 2.05) is 26.0 Å². The number of nitrogens with one attached hydrogen (secondary N) is 2. The van der Waals surface area contributed by atoms with Crippen LogP contribution in [-0.4, -0.2) is 59.1 Å². The van der Waals surface area contributed by atoms with Crippen LogP contribution in [0, 0.1) is 6.92 Å². The molecule has 37 heavy (non-hydrogen) atoms. The van der Waals surface area contributed by atoms with Crippen LogP contribution in [0.25, 0.3) is 0 Å². The van der Waals surface area contributed by atoms with Crippen LogP contribution in [0.3, 0.4) is 0 Å². The second kappa shape index (κ2) is 10.6. The number of hydrogen-bond acceptors (Lipinski definition) is 6. The Balaban J connectivity index is 1.34. The zero-order valence-electron chi connectivity index (χ0n) is 21.4. The summed E-state index contributed by atoms with van der Waals surface area (Å²) in [5, 5.41) is 16.1. The summed E-state index contributed by atoms with van der Waals surface area (Å²) in [4.78, 5) is 47.1. The van der Waals surface area contributed by atoms with Gasteiger partial charge in [-0.25, -0.2) is 0 Å². The lowest BCUT2D eigenvalue weighted by atomic mass is 9.93. The van der Waals surface area contributed by atoms with Crippen LogP contribution in [0.5, 0.6) is 0 Å². The number of aryl methyl sites for hydroxylation is 1. The van der Waals surface area contributed by atoms with Gasteiger partial charge in [0.15, 0.2) is 0 Å². The van der Waals surface area contributed by atoms with E-state index in [9.17, 15) is 19.5 Å².